The predicted molar refractivity (Wildman–Crippen MR) is 111 cm³/mol. The lowest BCUT2D eigenvalue weighted by atomic mass is 10.1. The van der Waals surface area contributed by atoms with Gasteiger partial charge < -0.3 is 19.7 Å². The van der Waals surface area contributed by atoms with Crippen LogP contribution in [0.4, 0.5) is 0 Å². The van der Waals surface area contributed by atoms with E-state index >= 15 is 0 Å². The van der Waals surface area contributed by atoms with E-state index in [1.54, 1.807) is 18.9 Å². The van der Waals surface area contributed by atoms with E-state index in [-0.39, 0.29) is 11.8 Å². The highest BCUT2D eigenvalue weighted by atomic mass is 16.6. The van der Waals surface area contributed by atoms with Gasteiger partial charge in [-0.25, -0.2) is 0 Å². The zero-order valence-electron chi connectivity index (χ0n) is 17.2. The zero-order valence-corrected chi connectivity index (χ0v) is 17.2. The van der Waals surface area contributed by atoms with E-state index < -0.39 is 6.04 Å². The number of nitrogens with one attached hydrogen (secondary N) is 1. The summed E-state index contributed by atoms with van der Waals surface area (Å²) in [6.45, 7) is 5.26. The normalized spacial score (nSPS) is 13.5. The Labute approximate surface area is 171 Å². The van der Waals surface area contributed by atoms with Crippen LogP contribution in [0.25, 0.3) is 0 Å². The summed E-state index contributed by atoms with van der Waals surface area (Å²) >= 11 is 0. The van der Waals surface area contributed by atoms with Crippen molar-refractivity contribution < 1.29 is 19.1 Å². The van der Waals surface area contributed by atoms with Gasteiger partial charge in [-0.15, -0.1) is 0 Å². The summed E-state index contributed by atoms with van der Waals surface area (Å²) in [5.41, 5.74) is 3.16. The molecule has 29 heavy (non-hydrogen) atoms. The van der Waals surface area contributed by atoms with Gasteiger partial charge in [0.1, 0.15) is 19.3 Å². The summed E-state index contributed by atoms with van der Waals surface area (Å²) in [6, 6.07) is 13.2. The molecule has 0 saturated carbocycles. The molecule has 0 unspecified atom stereocenters. The quantitative estimate of drug-likeness (QED) is 0.782. The van der Waals surface area contributed by atoms with Gasteiger partial charge in [0.25, 0.3) is 0 Å². The van der Waals surface area contributed by atoms with Gasteiger partial charge in [0.05, 0.1) is 0 Å². The Balaban J connectivity index is 1.70. The molecule has 6 heteroatoms. The molecule has 1 heterocycles. The average Bonchev–Trinajstić information content (AvgIpc) is 2.75. The Hall–Kier alpha value is -3.02. The summed E-state index contributed by atoms with van der Waals surface area (Å²) in [6.07, 6.45) is 0.882. The highest BCUT2D eigenvalue weighted by Gasteiger charge is 2.25. The molecule has 0 aliphatic carbocycles. The summed E-state index contributed by atoms with van der Waals surface area (Å²) in [5.74, 6) is 1.22. The van der Waals surface area contributed by atoms with Gasteiger partial charge in [0.2, 0.25) is 11.8 Å². The number of amides is 2. The largest absolute Gasteiger partial charge is 0.486 e. The molecule has 0 saturated heterocycles. The maximum atomic E-state index is 13.0. The molecular weight excluding hydrogens is 368 g/mol. The van der Waals surface area contributed by atoms with E-state index in [0.717, 1.165) is 28.2 Å². The Kier molecular flexibility index (Phi) is 6.75. The monoisotopic (exact) mass is 396 g/mol. The molecule has 2 amide bonds. The van der Waals surface area contributed by atoms with Crippen molar-refractivity contribution >= 4 is 11.8 Å². The maximum Gasteiger partial charge on any atom is 0.242 e. The topological polar surface area (TPSA) is 67.9 Å². The van der Waals surface area contributed by atoms with Crippen molar-refractivity contribution in [1.82, 2.24) is 10.2 Å². The van der Waals surface area contributed by atoms with Crippen LogP contribution in [0.15, 0.2) is 42.5 Å². The van der Waals surface area contributed by atoms with E-state index in [1.807, 2.05) is 49.4 Å². The first-order valence-electron chi connectivity index (χ1n) is 9.93. The molecule has 0 radical (unpaired) electrons. The Morgan fingerprint density at radius 1 is 1.03 bits per heavy atom. The number of hydrogen-bond donors (Lipinski definition) is 1. The second-order valence-corrected chi connectivity index (χ2v) is 7.28. The lowest BCUT2D eigenvalue weighted by molar-refractivity contribution is -0.140. The van der Waals surface area contributed by atoms with Gasteiger partial charge in [-0.3, -0.25) is 9.59 Å². The summed E-state index contributed by atoms with van der Waals surface area (Å²) < 4.78 is 11.2. The van der Waals surface area contributed by atoms with Crippen LogP contribution in [0.5, 0.6) is 11.5 Å². The van der Waals surface area contributed by atoms with Crippen molar-refractivity contribution in [2.75, 3.05) is 20.3 Å². The second-order valence-electron chi connectivity index (χ2n) is 7.28. The minimum absolute atomic E-state index is 0.0587. The average molecular weight is 396 g/mol. The van der Waals surface area contributed by atoms with E-state index in [1.165, 1.54) is 0 Å². The van der Waals surface area contributed by atoms with Crippen molar-refractivity contribution in [2.45, 2.75) is 39.3 Å². The smallest absolute Gasteiger partial charge is 0.242 e. The third kappa shape index (κ3) is 5.28. The lowest BCUT2D eigenvalue weighted by Crippen LogP contribution is -2.46. The number of fused-ring (bicyclic) bond motifs is 1. The van der Waals surface area contributed by atoms with Crippen LogP contribution in [0.2, 0.25) is 0 Å². The maximum absolute atomic E-state index is 13.0. The highest BCUT2D eigenvalue weighted by molar-refractivity contribution is 5.87. The number of carbonyl (C=O) groups excluding carboxylic acids is 2. The number of likely N-dealkylation sites (N-methyl/N-ethyl adjacent to an activating group) is 1. The van der Waals surface area contributed by atoms with Crippen LogP contribution in [0, 0.1) is 6.92 Å². The van der Waals surface area contributed by atoms with Gasteiger partial charge in [0, 0.05) is 20.0 Å². The number of carbonyl (C=O) groups is 2. The summed E-state index contributed by atoms with van der Waals surface area (Å²) in [5, 5.41) is 2.64. The van der Waals surface area contributed by atoms with Gasteiger partial charge >= 0.3 is 0 Å². The standard InChI is InChI=1S/C23H28N2O4/c1-16-4-6-19(7-5-16)15-25(17(2)23(27)24-3)22(26)11-9-18-8-10-20-21(14-18)29-13-12-28-20/h4-8,10,14,17H,9,11-13,15H2,1-3H3,(H,24,27)/t17-/m1/s1. The van der Waals surface area contributed by atoms with Crippen LogP contribution in [0.3, 0.4) is 0 Å². The second kappa shape index (κ2) is 9.45. The van der Waals surface area contributed by atoms with Crippen LogP contribution in [0.1, 0.15) is 30.0 Å². The number of aryl methyl sites for hydroxylation is 2. The van der Waals surface area contributed by atoms with Gasteiger partial charge in [-0.2, -0.15) is 0 Å². The van der Waals surface area contributed by atoms with E-state index in [9.17, 15) is 9.59 Å². The fraction of sp³-hybridized carbons (Fsp3) is 0.391. The van der Waals surface area contributed by atoms with Crippen LogP contribution in [-0.2, 0) is 22.6 Å². The van der Waals surface area contributed by atoms with Crippen molar-refractivity contribution in [1.29, 1.82) is 0 Å². The molecule has 1 N–H and O–H groups in total. The molecule has 0 bridgehead atoms. The number of nitrogens with zero attached hydrogens (tertiary/aromatic N) is 1. The third-order valence-corrected chi connectivity index (χ3v) is 5.12. The van der Waals surface area contributed by atoms with E-state index in [4.69, 9.17) is 9.47 Å². The van der Waals surface area contributed by atoms with Crippen LogP contribution >= 0.6 is 0 Å². The fourth-order valence-corrected chi connectivity index (χ4v) is 3.32. The minimum Gasteiger partial charge on any atom is -0.486 e. The van der Waals surface area contributed by atoms with Crippen LogP contribution < -0.4 is 14.8 Å². The number of ether oxygens (including phenoxy) is 2. The first kappa shape index (κ1) is 20.7. The molecule has 2 aromatic carbocycles. The Morgan fingerprint density at radius 3 is 2.38 bits per heavy atom. The van der Waals surface area contributed by atoms with Crippen molar-refractivity contribution in [3.63, 3.8) is 0 Å². The molecule has 2 aromatic rings. The van der Waals surface area contributed by atoms with E-state index in [0.29, 0.717) is 32.6 Å². The van der Waals surface area contributed by atoms with Gasteiger partial charge in [-0.05, 0) is 43.5 Å². The molecule has 0 fully saturated rings. The zero-order chi connectivity index (χ0) is 20.8. The highest BCUT2D eigenvalue weighted by Crippen LogP contribution is 2.31. The minimum atomic E-state index is -0.547. The third-order valence-electron chi connectivity index (χ3n) is 5.12. The summed E-state index contributed by atoms with van der Waals surface area (Å²) in [4.78, 5) is 26.9. The van der Waals surface area contributed by atoms with Crippen molar-refractivity contribution in [3.8, 4) is 11.5 Å². The molecule has 1 atom stereocenters. The fourth-order valence-electron chi connectivity index (χ4n) is 3.32. The number of rotatable bonds is 7. The Morgan fingerprint density at radius 2 is 1.69 bits per heavy atom. The lowest BCUT2D eigenvalue weighted by Gasteiger charge is -2.28. The molecule has 1 aliphatic rings. The first-order chi connectivity index (χ1) is 14.0. The van der Waals surface area contributed by atoms with Crippen molar-refractivity contribution in [2.24, 2.45) is 0 Å². The number of benzene rings is 2. The number of hydrogen-bond acceptors (Lipinski definition) is 4. The van der Waals surface area contributed by atoms with E-state index in [2.05, 4.69) is 5.32 Å². The van der Waals surface area contributed by atoms with Gasteiger partial charge in [0.15, 0.2) is 11.5 Å². The molecule has 154 valence electrons. The predicted octanol–water partition coefficient (Wildman–Crippen LogP) is 2.86. The SMILES string of the molecule is CNC(=O)[C@@H](C)N(Cc1ccc(C)cc1)C(=O)CCc1ccc2c(c1)OCCO2. The molecule has 0 spiro atoms. The van der Waals surface area contributed by atoms with Crippen LogP contribution in [-0.4, -0.2) is 43.0 Å². The Bertz CT molecular complexity index is 864. The summed E-state index contributed by atoms with van der Waals surface area (Å²) in [7, 11) is 1.59. The molecular formula is C23H28N2O4. The molecule has 6 nitrogen and oxygen atoms in total. The molecule has 0 aromatic heterocycles. The molecule has 1 aliphatic heterocycles. The van der Waals surface area contributed by atoms with Crippen molar-refractivity contribution in [3.05, 3.63) is 59.2 Å². The first-order valence-corrected chi connectivity index (χ1v) is 9.93. The molecule has 3 rings (SSSR count). The van der Waals surface area contributed by atoms with Gasteiger partial charge in [-0.1, -0.05) is 35.9 Å².